The number of nitrogens with zero attached hydrogens (tertiary/aromatic N) is 1. The molecule has 0 aliphatic rings. The van der Waals surface area contributed by atoms with Crippen LogP contribution in [0.4, 0.5) is 4.39 Å². The molecule has 30 heavy (non-hydrogen) atoms. The second kappa shape index (κ2) is 11.3. The van der Waals surface area contributed by atoms with Gasteiger partial charge in [-0.05, 0) is 55.5 Å². The molecule has 2 aromatic carbocycles. The lowest BCUT2D eigenvalue weighted by molar-refractivity contribution is 0.330. The fourth-order valence-corrected chi connectivity index (χ4v) is 3.41. The van der Waals surface area contributed by atoms with Crippen LogP contribution in [0.25, 0.3) is 22.4 Å². The van der Waals surface area contributed by atoms with Crippen LogP contribution in [-0.2, 0) is 6.42 Å². The summed E-state index contributed by atoms with van der Waals surface area (Å²) >= 11 is 0. The van der Waals surface area contributed by atoms with Gasteiger partial charge >= 0.3 is 0 Å². The molecule has 0 aliphatic carbocycles. The van der Waals surface area contributed by atoms with Gasteiger partial charge in [-0.3, -0.25) is 4.98 Å². The van der Waals surface area contributed by atoms with Gasteiger partial charge in [0.25, 0.3) is 0 Å². The predicted molar refractivity (Wildman–Crippen MR) is 124 cm³/mol. The zero-order valence-corrected chi connectivity index (χ0v) is 17.7. The molecule has 0 spiro atoms. The largest absolute Gasteiger partial charge is 0.490 e. The number of benzene rings is 2. The van der Waals surface area contributed by atoms with Gasteiger partial charge in [-0.25, -0.2) is 4.39 Å². The number of aromatic nitrogens is 1. The first-order valence-electron chi connectivity index (χ1n) is 10.7. The normalized spacial score (nSPS) is 11.8. The molecule has 0 N–H and O–H groups in total. The van der Waals surface area contributed by atoms with Crippen LogP contribution in [0.15, 0.2) is 79.5 Å². The summed E-state index contributed by atoms with van der Waals surface area (Å²) in [4.78, 5) is 4.65. The van der Waals surface area contributed by atoms with Crippen LogP contribution in [0, 0.1) is 0 Å². The Morgan fingerprint density at radius 3 is 2.23 bits per heavy atom. The van der Waals surface area contributed by atoms with Crippen LogP contribution < -0.4 is 4.74 Å². The molecule has 3 heteroatoms. The quantitative estimate of drug-likeness (QED) is 0.245. The molecule has 0 saturated carbocycles. The Morgan fingerprint density at radius 1 is 0.900 bits per heavy atom. The maximum absolute atomic E-state index is 12.8. The number of unbranched alkanes of at least 4 members (excludes halogenated alkanes) is 2. The molecule has 0 fully saturated rings. The average Bonchev–Trinajstić information content (AvgIpc) is 2.78. The van der Waals surface area contributed by atoms with Gasteiger partial charge in [0.1, 0.15) is 12.4 Å². The summed E-state index contributed by atoms with van der Waals surface area (Å²) in [5, 5.41) is 0. The molecule has 0 aliphatic heterocycles. The molecule has 156 valence electrons. The van der Waals surface area contributed by atoms with Gasteiger partial charge in [0.05, 0.1) is 11.9 Å². The Bertz CT molecular complexity index is 899. The third-order valence-electron chi connectivity index (χ3n) is 5.14. The first-order chi connectivity index (χ1) is 14.7. The highest BCUT2D eigenvalue weighted by Crippen LogP contribution is 2.25. The summed E-state index contributed by atoms with van der Waals surface area (Å²) in [6.45, 7) is 5.80. The van der Waals surface area contributed by atoms with Gasteiger partial charge < -0.3 is 4.74 Å². The number of pyridine rings is 1. The Kier molecular flexibility index (Phi) is 8.20. The van der Waals surface area contributed by atoms with Crippen LogP contribution in [0.1, 0.15) is 38.2 Å². The van der Waals surface area contributed by atoms with E-state index >= 15 is 0 Å². The highest BCUT2D eigenvalue weighted by Gasteiger charge is 2.04. The number of alkyl halides is 1. The van der Waals surface area contributed by atoms with Crippen LogP contribution in [0.5, 0.6) is 5.75 Å². The van der Waals surface area contributed by atoms with Crippen molar-refractivity contribution in [2.24, 2.45) is 0 Å². The fourth-order valence-electron chi connectivity index (χ4n) is 3.41. The van der Waals surface area contributed by atoms with E-state index in [1.807, 2.05) is 30.5 Å². The van der Waals surface area contributed by atoms with Gasteiger partial charge in [-0.2, -0.15) is 0 Å². The number of aryl methyl sites for hydroxylation is 1. The molecule has 0 radical (unpaired) electrons. The van der Waals surface area contributed by atoms with E-state index in [4.69, 9.17) is 4.74 Å². The number of ether oxygens (including phenoxy) is 1. The maximum atomic E-state index is 12.8. The Balaban J connectivity index is 1.56. The molecule has 3 rings (SSSR count). The maximum Gasteiger partial charge on any atom is 0.119 e. The highest BCUT2D eigenvalue weighted by molar-refractivity contribution is 5.67. The van der Waals surface area contributed by atoms with Gasteiger partial charge in [0.15, 0.2) is 0 Å². The third kappa shape index (κ3) is 6.55. The van der Waals surface area contributed by atoms with Gasteiger partial charge in [0, 0.05) is 17.3 Å². The van der Waals surface area contributed by atoms with Crippen LogP contribution in [0.2, 0.25) is 0 Å². The number of rotatable bonds is 11. The molecule has 1 unspecified atom stereocenters. The lowest BCUT2D eigenvalue weighted by atomic mass is 10.0. The minimum absolute atomic E-state index is 0.507. The molecule has 1 aromatic heterocycles. The molecule has 0 amide bonds. The van der Waals surface area contributed by atoms with Gasteiger partial charge in [-0.1, -0.05) is 68.0 Å². The zero-order chi connectivity index (χ0) is 21.2. The minimum Gasteiger partial charge on any atom is -0.490 e. The average molecular weight is 404 g/mol. The highest BCUT2D eigenvalue weighted by atomic mass is 19.1. The van der Waals surface area contributed by atoms with Crippen molar-refractivity contribution in [2.75, 3.05) is 6.61 Å². The monoisotopic (exact) mass is 403 g/mol. The van der Waals surface area contributed by atoms with E-state index in [9.17, 15) is 4.39 Å². The van der Waals surface area contributed by atoms with E-state index in [1.54, 1.807) is 13.0 Å². The van der Waals surface area contributed by atoms with Gasteiger partial charge in [-0.15, -0.1) is 0 Å². The molecule has 0 bridgehead atoms. The topological polar surface area (TPSA) is 22.1 Å². The first kappa shape index (κ1) is 21.8. The summed E-state index contributed by atoms with van der Waals surface area (Å²) in [7, 11) is 0. The molecule has 0 saturated heterocycles. The second-order valence-electron chi connectivity index (χ2n) is 7.63. The van der Waals surface area contributed by atoms with Gasteiger partial charge in [0.2, 0.25) is 0 Å². The van der Waals surface area contributed by atoms with Crippen molar-refractivity contribution in [3.63, 3.8) is 0 Å². The number of hydrogen-bond acceptors (Lipinski definition) is 2. The molecule has 1 heterocycles. The standard InChI is InChI=1S/C27H30FNO/c1-3-19-30-26-16-13-23(14-17-26)25-15-18-27(29-20-25)24-11-9-22(10-12-24)8-6-4-5-7-21(2)28/h3,9-18,20-21H,1,4-8,19H2,2H3. The third-order valence-corrected chi connectivity index (χ3v) is 5.14. The van der Waals surface area contributed by atoms with E-state index in [1.165, 1.54) is 5.56 Å². The van der Waals surface area contributed by atoms with Crippen molar-refractivity contribution in [3.05, 3.63) is 85.1 Å². The molecule has 3 aromatic rings. The van der Waals surface area contributed by atoms with Crippen molar-refractivity contribution < 1.29 is 9.13 Å². The van der Waals surface area contributed by atoms with E-state index < -0.39 is 6.17 Å². The van der Waals surface area contributed by atoms with E-state index in [2.05, 4.69) is 48.0 Å². The molecule has 1 atom stereocenters. The Labute approximate surface area is 179 Å². The van der Waals surface area contributed by atoms with Crippen molar-refractivity contribution in [2.45, 2.75) is 45.2 Å². The summed E-state index contributed by atoms with van der Waals surface area (Å²) < 4.78 is 18.4. The fraction of sp³-hybridized carbons (Fsp3) is 0.296. The van der Waals surface area contributed by atoms with Crippen LogP contribution in [-0.4, -0.2) is 17.8 Å². The predicted octanol–water partition coefficient (Wildman–Crippen LogP) is 7.44. The van der Waals surface area contributed by atoms with E-state index in [0.29, 0.717) is 13.0 Å². The van der Waals surface area contributed by atoms with E-state index in [-0.39, 0.29) is 0 Å². The van der Waals surface area contributed by atoms with E-state index in [0.717, 1.165) is 53.8 Å². The smallest absolute Gasteiger partial charge is 0.119 e. The van der Waals surface area contributed by atoms with Crippen molar-refractivity contribution >= 4 is 0 Å². The first-order valence-corrected chi connectivity index (χ1v) is 10.7. The Hall–Kier alpha value is -2.94. The lowest BCUT2D eigenvalue weighted by Gasteiger charge is -2.07. The second-order valence-corrected chi connectivity index (χ2v) is 7.63. The van der Waals surface area contributed by atoms with Crippen molar-refractivity contribution in [1.29, 1.82) is 0 Å². The lowest BCUT2D eigenvalue weighted by Crippen LogP contribution is -1.93. The summed E-state index contributed by atoms with van der Waals surface area (Å²) in [5.74, 6) is 0.834. The summed E-state index contributed by atoms with van der Waals surface area (Å²) in [5.41, 5.74) is 5.59. The number of hydrogen-bond donors (Lipinski definition) is 0. The Morgan fingerprint density at radius 2 is 1.60 bits per heavy atom. The molecular weight excluding hydrogens is 373 g/mol. The molecular formula is C27H30FNO. The summed E-state index contributed by atoms with van der Waals surface area (Å²) in [6.07, 6.45) is 7.84. The van der Waals surface area contributed by atoms with Crippen molar-refractivity contribution in [1.82, 2.24) is 4.98 Å². The SMILES string of the molecule is C=CCOc1ccc(-c2ccc(-c3ccc(CCCCCC(C)F)cc3)nc2)cc1. The van der Waals surface area contributed by atoms with Crippen LogP contribution in [0.3, 0.4) is 0 Å². The molecule has 2 nitrogen and oxygen atoms in total. The number of halogens is 1. The van der Waals surface area contributed by atoms with Crippen LogP contribution >= 0.6 is 0 Å². The minimum atomic E-state index is -0.682. The van der Waals surface area contributed by atoms with Crippen molar-refractivity contribution in [3.8, 4) is 28.1 Å². The zero-order valence-electron chi connectivity index (χ0n) is 17.7. The summed E-state index contributed by atoms with van der Waals surface area (Å²) in [6, 6.07) is 20.8.